The molecule has 0 aromatic heterocycles. The van der Waals surface area contributed by atoms with E-state index < -0.39 is 9.84 Å². The van der Waals surface area contributed by atoms with Gasteiger partial charge in [-0.1, -0.05) is 0 Å². The fraction of sp³-hybridized carbons (Fsp3) is 1.00. The molecule has 5 heteroatoms. The first kappa shape index (κ1) is 12.3. The number of piperazine rings is 1. The van der Waals surface area contributed by atoms with Crippen LogP contribution >= 0.6 is 0 Å². The third-order valence-electron chi connectivity index (χ3n) is 3.67. The molecule has 0 amide bonds. The molecule has 1 aliphatic carbocycles. The Hall–Kier alpha value is -0.130. The van der Waals surface area contributed by atoms with E-state index in [9.17, 15) is 8.42 Å². The van der Waals surface area contributed by atoms with Gasteiger partial charge in [0.25, 0.3) is 0 Å². The Bertz CT molecular complexity index is 338. The van der Waals surface area contributed by atoms with Gasteiger partial charge in [-0.25, -0.2) is 8.42 Å². The summed E-state index contributed by atoms with van der Waals surface area (Å²) in [5.74, 6) is 1.13. The van der Waals surface area contributed by atoms with Crippen molar-refractivity contribution in [2.24, 2.45) is 5.92 Å². The molecular formula is C11H22N2O2S. The first-order valence-corrected chi connectivity index (χ1v) is 8.17. The van der Waals surface area contributed by atoms with Crippen molar-refractivity contribution >= 4 is 9.84 Å². The smallest absolute Gasteiger partial charge is 0.148 e. The Labute approximate surface area is 98.3 Å². The summed E-state index contributed by atoms with van der Waals surface area (Å²) >= 11 is 0. The number of nitrogens with one attached hydrogen (secondary N) is 1. The third-order valence-corrected chi connectivity index (χ3v) is 4.59. The van der Waals surface area contributed by atoms with Crippen molar-refractivity contribution in [2.45, 2.75) is 31.8 Å². The second-order valence-electron chi connectivity index (χ2n) is 5.33. The predicted octanol–water partition coefficient (Wildman–Crippen LogP) is 0.103. The summed E-state index contributed by atoms with van der Waals surface area (Å²) in [5.41, 5.74) is 0. The Kier molecular flexibility index (Phi) is 3.56. The molecule has 0 bridgehead atoms. The van der Waals surface area contributed by atoms with E-state index >= 15 is 0 Å². The lowest BCUT2D eigenvalue weighted by Gasteiger charge is -2.38. The lowest BCUT2D eigenvalue weighted by molar-refractivity contribution is 0.140. The van der Waals surface area contributed by atoms with Crippen LogP contribution in [-0.2, 0) is 9.84 Å². The maximum Gasteiger partial charge on any atom is 0.148 e. The monoisotopic (exact) mass is 246 g/mol. The fourth-order valence-corrected chi connectivity index (χ4v) is 2.92. The second-order valence-corrected chi connectivity index (χ2v) is 7.59. The lowest BCUT2D eigenvalue weighted by atomic mass is 10.1. The number of nitrogens with zero attached hydrogens (tertiary/aromatic N) is 1. The van der Waals surface area contributed by atoms with Gasteiger partial charge in [0.2, 0.25) is 0 Å². The quantitative estimate of drug-likeness (QED) is 0.764. The van der Waals surface area contributed by atoms with Crippen LogP contribution in [0.5, 0.6) is 0 Å². The van der Waals surface area contributed by atoms with Crippen molar-refractivity contribution in [1.29, 1.82) is 0 Å². The van der Waals surface area contributed by atoms with E-state index in [1.807, 2.05) is 0 Å². The van der Waals surface area contributed by atoms with Crippen LogP contribution in [0.25, 0.3) is 0 Å². The Balaban J connectivity index is 1.85. The molecule has 2 fully saturated rings. The lowest BCUT2D eigenvalue weighted by Crippen LogP contribution is -2.56. The molecule has 1 heterocycles. The molecule has 0 aromatic rings. The first-order chi connectivity index (χ1) is 7.46. The van der Waals surface area contributed by atoms with Gasteiger partial charge in [-0.05, 0) is 25.7 Å². The molecule has 2 aliphatic rings. The molecule has 2 rings (SSSR count). The van der Waals surface area contributed by atoms with E-state index in [4.69, 9.17) is 0 Å². The predicted molar refractivity (Wildman–Crippen MR) is 65.3 cm³/mol. The summed E-state index contributed by atoms with van der Waals surface area (Å²) in [6.45, 7) is 4.86. The number of sulfone groups is 1. The van der Waals surface area contributed by atoms with Crippen LogP contribution < -0.4 is 5.32 Å². The minimum atomic E-state index is -2.83. The fourth-order valence-electron chi connectivity index (χ4n) is 2.36. The second kappa shape index (κ2) is 4.63. The summed E-state index contributed by atoms with van der Waals surface area (Å²) < 4.78 is 22.3. The van der Waals surface area contributed by atoms with Gasteiger partial charge in [0, 0.05) is 38.0 Å². The summed E-state index contributed by atoms with van der Waals surface area (Å²) in [5, 5.41) is 3.57. The maximum atomic E-state index is 11.2. The van der Waals surface area contributed by atoms with Gasteiger partial charge < -0.3 is 5.32 Å². The Morgan fingerprint density at radius 1 is 1.38 bits per heavy atom. The van der Waals surface area contributed by atoms with E-state index in [2.05, 4.69) is 17.1 Å². The van der Waals surface area contributed by atoms with Crippen molar-refractivity contribution in [2.75, 3.05) is 31.6 Å². The third kappa shape index (κ3) is 3.43. The highest BCUT2D eigenvalue weighted by atomic mass is 32.2. The standard InChI is InChI=1S/C11H22N2O2S/c1-9-7-12-11(10-3-4-10)8-13(9)5-6-16(2,14)15/h9-12H,3-8H2,1-2H3. The van der Waals surface area contributed by atoms with Crippen LogP contribution in [-0.4, -0.2) is 57.0 Å². The molecule has 0 radical (unpaired) electrons. The average Bonchev–Trinajstić information content (AvgIpc) is 2.98. The Morgan fingerprint density at radius 3 is 2.62 bits per heavy atom. The zero-order chi connectivity index (χ0) is 11.8. The van der Waals surface area contributed by atoms with Crippen LogP contribution in [0.3, 0.4) is 0 Å². The van der Waals surface area contributed by atoms with Gasteiger partial charge in [-0.15, -0.1) is 0 Å². The highest BCUT2D eigenvalue weighted by molar-refractivity contribution is 7.90. The summed E-state index contributed by atoms with van der Waals surface area (Å²) in [4.78, 5) is 2.32. The van der Waals surface area contributed by atoms with E-state index in [0.717, 1.165) is 19.0 Å². The van der Waals surface area contributed by atoms with Crippen molar-refractivity contribution in [1.82, 2.24) is 10.2 Å². The molecule has 1 aliphatic heterocycles. The van der Waals surface area contributed by atoms with Gasteiger partial charge in [0.05, 0.1) is 5.75 Å². The van der Waals surface area contributed by atoms with Crippen LogP contribution in [0.1, 0.15) is 19.8 Å². The van der Waals surface area contributed by atoms with Crippen molar-refractivity contribution in [3.63, 3.8) is 0 Å². The van der Waals surface area contributed by atoms with Gasteiger partial charge in [-0.2, -0.15) is 0 Å². The van der Waals surface area contributed by atoms with E-state index in [-0.39, 0.29) is 5.75 Å². The van der Waals surface area contributed by atoms with Gasteiger partial charge in [-0.3, -0.25) is 4.90 Å². The Morgan fingerprint density at radius 2 is 2.06 bits per heavy atom. The van der Waals surface area contributed by atoms with Gasteiger partial charge >= 0.3 is 0 Å². The largest absolute Gasteiger partial charge is 0.311 e. The maximum absolute atomic E-state index is 11.2. The molecule has 1 saturated heterocycles. The highest BCUT2D eigenvalue weighted by Gasteiger charge is 2.35. The minimum Gasteiger partial charge on any atom is -0.311 e. The molecule has 2 unspecified atom stereocenters. The normalized spacial score (nSPS) is 32.9. The SMILES string of the molecule is CC1CNC(C2CC2)CN1CCS(C)(=O)=O. The molecular weight excluding hydrogens is 224 g/mol. The molecule has 4 nitrogen and oxygen atoms in total. The molecule has 1 saturated carbocycles. The first-order valence-electron chi connectivity index (χ1n) is 6.11. The molecule has 2 atom stereocenters. The molecule has 0 aromatic carbocycles. The molecule has 16 heavy (non-hydrogen) atoms. The van der Waals surface area contributed by atoms with E-state index in [1.54, 1.807) is 0 Å². The summed E-state index contributed by atoms with van der Waals surface area (Å²) in [6.07, 6.45) is 4.00. The molecule has 0 spiro atoms. The van der Waals surface area contributed by atoms with Crippen LogP contribution in [0.15, 0.2) is 0 Å². The van der Waals surface area contributed by atoms with Crippen molar-refractivity contribution in [3.05, 3.63) is 0 Å². The van der Waals surface area contributed by atoms with Gasteiger partial charge in [0.1, 0.15) is 9.84 Å². The minimum absolute atomic E-state index is 0.286. The number of hydrogen-bond acceptors (Lipinski definition) is 4. The van der Waals surface area contributed by atoms with E-state index in [0.29, 0.717) is 18.6 Å². The summed E-state index contributed by atoms with van der Waals surface area (Å²) in [7, 11) is -2.83. The van der Waals surface area contributed by atoms with Crippen molar-refractivity contribution in [3.8, 4) is 0 Å². The zero-order valence-electron chi connectivity index (χ0n) is 10.1. The summed E-state index contributed by atoms with van der Waals surface area (Å²) in [6, 6.07) is 1.05. The molecule has 94 valence electrons. The average molecular weight is 246 g/mol. The van der Waals surface area contributed by atoms with Crippen LogP contribution in [0.4, 0.5) is 0 Å². The van der Waals surface area contributed by atoms with Crippen LogP contribution in [0.2, 0.25) is 0 Å². The zero-order valence-corrected chi connectivity index (χ0v) is 11.0. The number of rotatable bonds is 4. The van der Waals surface area contributed by atoms with Gasteiger partial charge in [0.15, 0.2) is 0 Å². The highest BCUT2D eigenvalue weighted by Crippen LogP contribution is 2.34. The molecule has 1 N–H and O–H groups in total. The number of hydrogen-bond donors (Lipinski definition) is 1. The van der Waals surface area contributed by atoms with E-state index in [1.165, 1.54) is 19.1 Å². The van der Waals surface area contributed by atoms with Crippen LogP contribution in [0, 0.1) is 5.92 Å². The van der Waals surface area contributed by atoms with Crippen molar-refractivity contribution < 1.29 is 8.42 Å². The topological polar surface area (TPSA) is 49.4 Å².